The molecule has 0 spiro atoms. The monoisotopic (exact) mass is 433 g/mol. The van der Waals surface area contributed by atoms with Crippen molar-refractivity contribution in [2.45, 2.75) is 70.2 Å². The van der Waals surface area contributed by atoms with Gasteiger partial charge < -0.3 is 15.0 Å². The molecule has 3 unspecified atom stereocenters. The normalized spacial score (nSPS) is 26.0. The molecule has 1 aliphatic carbocycles. The molecule has 0 bridgehead atoms. The first kappa shape index (κ1) is 21.7. The maximum Gasteiger partial charge on any atom is 0.255 e. The summed E-state index contributed by atoms with van der Waals surface area (Å²) in [4.78, 5) is 28.6. The van der Waals surface area contributed by atoms with Crippen molar-refractivity contribution in [3.05, 3.63) is 41.6 Å². The summed E-state index contributed by atoms with van der Waals surface area (Å²) in [5, 5.41) is 2.74. The Morgan fingerprint density at radius 3 is 2.81 bits per heavy atom. The fourth-order valence-electron chi connectivity index (χ4n) is 5.02. The lowest BCUT2D eigenvalue weighted by atomic mass is 10.0. The van der Waals surface area contributed by atoms with Crippen LogP contribution in [0.25, 0.3) is 0 Å². The summed E-state index contributed by atoms with van der Waals surface area (Å²) >= 11 is 0. The zero-order chi connectivity index (χ0) is 22.1. The Bertz CT molecular complexity index is 876. The van der Waals surface area contributed by atoms with Gasteiger partial charge in [-0.25, -0.2) is 8.78 Å². The second-order valence-electron chi connectivity index (χ2n) is 8.53. The zero-order valence-corrected chi connectivity index (χ0v) is 17.8. The van der Waals surface area contributed by atoms with Crippen LogP contribution in [0.5, 0.6) is 5.75 Å². The molecule has 4 rings (SSSR count). The number of benzene rings is 1. The number of allylic oxidation sites excluding steroid dienone is 1. The van der Waals surface area contributed by atoms with E-state index in [1.54, 1.807) is 21.9 Å². The fraction of sp³-hybridized carbons (Fsp3) is 0.565. The largest absolute Gasteiger partial charge is 0.489 e. The molecule has 0 aromatic heterocycles. The van der Waals surface area contributed by atoms with Crippen LogP contribution in [-0.4, -0.2) is 59.3 Å². The number of fused-ring (bicyclic) bond motifs is 1. The number of likely N-dealkylation sites (N-methyl/N-ethyl adjacent to an activating group) is 1. The molecule has 31 heavy (non-hydrogen) atoms. The van der Waals surface area contributed by atoms with E-state index in [1.165, 1.54) is 0 Å². The standard InChI is InChI=1S/C23H29F2N3O3/c1-3-27(13-21(24)25)18-5-4-6-20(18)31-16-8-9-17-15(11-16)12-28(23(17)30)19-10-7-14(2)26-22(19)29/h8-9,11,18-21H,2-7,10,12-13H2,1H3,(H,26,29). The van der Waals surface area contributed by atoms with Crippen LogP contribution in [0.4, 0.5) is 8.78 Å². The van der Waals surface area contributed by atoms with Crippen molar-refractivity contribution in [3.8, 4) is 5.75 Å². The van der Waals surface area contributed by atoms with E-state index in [2.05, 4.69) is 11.9 Å². The van der Waals surface area contributed by atoms with Crippen molar-refractivity contribution in [1.29, 1.82) is 0 Å². The van der Waals surface area contributed by atoms with Gasteiger partial charge in [0.1, 0.15) is 17.9 Å². The van der Waals surface area contributed by atoms with Crippen LogP contribution in [0.2, 0.25) is 0 Å². The molecule has 1 saturated carbocycles. The summed E-state index contributed by atoms with van der Waals surface area (Å²) in [5.41, 5.74) is 2.09. The fourth-order valence-corrected chi connectivity index (χ4v) is 5.02. The van der Waals surface area contributed by atoms with Gasteiger partial charge in [0.25, 0.3) is 12.3 Å². The highest BCUT2D eigenvalue weighted by molar-refractivity contribution is 6.01. The second kappa shape index (κ2) is 8.94. The van der Waals surface area contributed by atoms with Gasteiger partial charge in [0.15, 0.2) is 0 Å². The number of alkyl halides is 2. The smallest absolute Gasteiger partial charge is 0.255 e. The molecule has 1 aromatic carbocycles. The molecule has 0 radical (unpaired) electrons. The minimum atomic E-state index is -2.37. The summed E-state index contributed by atoms with van der Waals surface area (Å²) in [7, 11) is 0. The number of hydrogen-bond donors (Lipinski definition) is 1. The quantitative estimate of drug-likeness (QED) is 0.717. The number of nitrogens with one attached hydrogen (secondary N) is 1. The molecule has 8 heteroatoms. The van der Waals surface area contributed by atoms with Crippen molar-refractivity contribution >= 4 is 11.8 Å². The third-order valence-electron chi connectivity index (χ3n) is 6.56. The van der Waals surface area contributed by atoms with E-state index in [1.807, 2.05) is 13.0 Å². The average Bonchev–Trinajstić information content (AvgIpc) is 3.30. The maximum atomic E-state index is 13.0. The van der Waals surface area contributed by atoms with Crippen molar-refractivity contribution < 1.29 is 23.1 Å². The predicted octanol–water partition coefficient (Wildman–Crippen LogP) is 3.32. The first-order valence-corrected chi connectivity index (χ1v) is 11.0. The number of ether oxygens (including phenoxy) is 1. The van der Waals surface area contributed by atoms with Gasteiger partial charge in [0.2, 0.25) is 5.91 Å². The number of hydrogen-bond acceptors (Lipinski definition) is 4. The maximum absolute atomic E-state index is 13.0. The molecule has 1 N–H and O–H groups in total. The van der Waals surface area contributed by atoms with Crippen LogP contribution >= 0.6 is 0 Å². The Hall–Kier alpha value is -2.48. The summed E-state index contributed by atoms with van der Waals surface area (Å²) in [6, 6.07) is 4.83. The van der Waals surface area contributed by atoms with Crippen LogP contribution in [0.15, 0.2) is 30.5 Å². The average molecular weight is 433 g/mol. The molecule has 2 fully saturated rings. The van der Waals surface area contributed by atoms with Crippen molar-refractivity contribution in [2.75, 3.05) is 13.1 Å². The van der Waals surface area contributed by atoms with Crippen molar-refractivity contribution in [2.24, 2.45) is 0 Å². The topological polar surface area (TPSA) is 61.9 Å². The lowest BCUT2D eigenvalue weighted by molar-refractivity contribution is -0.126. The number of halogens is 2. The molecule has 2 heterocycles. The van der Waals surface area contributed by atoms with E-state index in [9.17, 15) is 18.4 Å². The highest BCUT2D eigenvalue weighted by Crippen LogP contribution is 2.33. The van der Waals surface area contributed by atoms with Crippen LogP contribution in [0.3, 0.4) is 0 Å². The Balaban J connectivity index is 1.46. The van der Waals surface area contributed by atoms with Gasteiger partial charge in [0.05, 0.1) is 6.54 Å². The number of carbonyl (C=O) groups is 2. The van der Waals surface area contributed by atoms with Crippen LogP contribution in [0.1, 0.15) is 54.9 Å². The highest BCUT2D eigenvalue weighted by atomic mass is 19.3. The number of piperidine rings is 1. The third kappa shape index (κ3) is 4.44. The van der Waals surface area contributed by atoms with Gasteiger partial charge in [-0.15, -0.1) is 0 Å². The van der Waals surface area contributed by atoms with Gasteiger partial charge in [-0.1, -0.05) is 13.5 Å². The van der Waals surface area contributed by atoms with E-state index in [0.29, 0.717) is 42.9 Å². The first-order chi connectivity index (χ1) is 14.9. The summed E-state index contributed by atoms with van der Waals surface area (Å²) < 4.78 is 32.1. The van der Waals surface area contributed by atoms with Gasteiger partial charge in [-0.2, -0.15) is 0 Å². The van der Waals surface area contributed by atoms with E-state index in [0.717, 1.165) is 24.8 Å². The lowest BCUT2D eigenvalue weighted by Gasteiger charge is -2.32. The summed E-state index contributed by atoms with van der Waals surface area (Å²) in [6.45, 7) is 6.35. The van der Waals surface area contributed by atoms with Gasteiger partial charge in [-0.3, -0.25) is 14.5 Å². The molecular formula is C23H29F2N3O3. The van der Waals surface area contributed by atoms with Gasteiger partial charge >= 0.3 is 0 Å². The zero-order valence-electron chi connectivity index (χ0n) is 17.8. The number of rotatable bonds is 7. The summed E-state index contributed by atoms with van der Waals surface area (Å²) in [6.07, 6.45) is 1.29. The predicted molar refractivity (Wildman–Crippen MR) is 112 cm³/mol. The summed E-state index contributed by atoms with van der Waals surface area (Å²) in [5.74, 6) is 0.295. The second-order valence-corrected chi connectivity index (χ2v) is 8.53. The van der Waals surface area contributed by atoms with Crippen molar-refractivity contribution in [1.82, 2.24) is 15.1 Å². The minimum absolute atomic E-state index is 0.0376. The first-order valence-electron chi connectivity index (χ1n) is 11.0. The molecule has 6 nitrogen and oxygen atoms in total. The van der Waals surface area contributed by atoms with E-state index in [4.69, 9.17) is 4.74 Å². The molecule has 168 valence electrons. The third-order valence-corrected chi connectivity index (χ3v) is 6.56. The number of carbonyl (C=O) groups excluding carboxylic acids is 2. The number of amides is 2. The Morgan fingerprint density at radius 2 is 2.10 bits per heavy atom. The van der Waals surface area contributed by atoms with E-state index >= 15 is 0 Å². The molecule has 3 atom stereocenters. The Morgan fingerprint density at radius 1 is 1.29 bits per heavy atom. The van der Waals surface area contributed by atoms with E-state index < -0.39 is 12.5 Å². The van der Waals surface area contributed by atoms with Crippen LogP contribution in [-0.2, 0) is 11.3 Å². The molecule has 1 saturated heterocycles. The van der Waals surface area contributed by atoms with Gasteiger partial charge in [0, 0.05) is 23.8 Å². The SMILES string of the molecule is C=C1CCC(N2Cc3cc(OC4CCCC4N(CC)CC(F)F)ccc3C2=O)C(=O)N1. The molecule has 1 aromatic rings. The highest BCUT2D eigenvalue weighted by Gasteiger charge is 2.39. The van der Waals surface area contributed by atoms with E-state index in [-0.39, 0.29) is 30.5 Å². The molecular weight excluding hydrogens is 404 g/mol. The molecule has 2 amide bonds. The Labute approximate surface area is 181 Å². The van der Waals surface area contributed by atoms with Crippen molar-refractivity contribution in [3.63, 3.8) is 0 Å². The number of nitrogens with zero attached hydrogens (tertiary/aromatic N) is 2. The lowest BCUT2D eigenvalue weighted by Crippen LogP contribution is -2.49. The Kier molecular flexibility index (Phi) is 6.27. The minimum Gasteiger partial charge on any atom is -0.489 e. The van der Waals surface area contributed by atoms with Crippen LogP contribution < -0.4 is 10.1 Å². The van der Waals surface area contributed by atoms with Gasteiger partial charge in [-0.05, 0) is 62.4 Å². The molecule has 3 aliphatic rings. The van der Waals surface area contributed by atoms with Crippen LogP contribution in [0, 0.1) is 0 Å². The molecule has 2 aliphatic heterocycles.